The van der Waals surface area contributed by atoms with E-state index >= 15 is 0 Å². The summed E-state index contributed by atoms with van der Waals surface area (Å²) in [5.74, 6) is 20.9. The fraction of sp³-hybridized carbons (Fsp3) is 0.622. The maximum atomic E-state index is 12.4. The molecule has 4 aliphatic rings. The first-order chi connectivity index (χ1) is 61.3. The van der Waals surface area contributed by atoms with Crippen LogP contribution in [0.3, 0.4) is 0 Å². The Kier molecular flexibility index (Phi) is 48.1. The van der Waals surface area contributed by atoms with Crippen LogP contribution in [0.4, 0.5) is 0 Å². The summed E-state index contributed by atoms with van der Waals surface area (Å²) in [4.78, 5) is 106. The van der Waals surface area contributed by atoms with Crippen molar-refractivity contribution in [3.05, 3.63) is 125 Å². The second-order valence-electron chi connectivity index (χ2n) is 27.3. The largest absolute Gasteiger partial charge is 0.474 e. The van der Waals surface area contributed by atoms with Gasteiger partial charge >= 0.3 is 22.8 Å². The number of aliphatic hydroxyl groups is 5. The van der Waals surface area contributed by atoms with E-state index in [9.17, 15) is 43.5 Å². The van der Waals surface area contributed by atoms with Crippen molar-refractivity contribution in [1.29, 1.82) is 20.1 Å². The van der Waals surface area contributed by atoms with Gasteiger partial charge in [0.25, 0.3) is 39.3 Å². The SMILES string of the molecule is C#CCCCCC#Cc1cn([C@H]2C[C@@H](O)[C@@H](CO)O2)c(=O)[nH]c1=O.[2H]C[C@H]1O[C@@H](n2cc(C#C)c(=O)[nH]c2=O)C[C@H]1OP(OCCC#N)N(C(C)C)C(C)C.[2H]C[C@H]1O[C@@H](n2cc(C#CCCCCC#C)c(=O)[nH]c2=O)C[C@H]1OP(C)OCCC#N.[2H]C[C@H]1O[C@@H](n2cc(OCC#C)c(=O)[nH]c2=O)C[C@H]1OP(OCCC#N)N(C(C)C)C(C)C.[3H]OC.[3H]OC.[3H]OC. The van der Waals surface area contributed by atoms with Crippen LogP contribution in [0, 0.1) is 107 Å². The van der Waals surface area contributed by atoms with Gasteiger partial charge in [0.05, 0.1) is 113 Å². The highest BCUT2D eigenvalue weighted by Gasteiger charge is 2.43. The molecule has 37 nitrogen and oxygen atoms in total. The van der Waals surface area contributed by atoms with Gasteiger partial charge in [-0.3, -0.25) is 57.4 Å². The number of aromatic amines is 4. The van der Waals surface area contributed by atoms with Crippen LogP contribution in [0.2, 0.25) is 0 Å². The van der Waals surface area contributed by atoms with Crippen molar-refractivity contribution >= 4 is 25.4 Å². The van der Waals surface area contributed by atoms with Gasteiger partial charge in [0.2, 0.25) is 10.0 Å². The maximum Gasteiger partial charge on any atom is 0.330 e. The molecule has 4 saturated heterocycles. The lowest BCUT2D eigenvalue weighted by Gasteiger charge is -2.37. The summed E-state index contributed by atoms with van der Waals surface area (Å²) in [6, 6.07) is 6.59. The number of hydrogen-bond acceptors (Lipinski definition) is 29. The van der Waals surface area contributed by atoms with E-state index in [0.29, 0.717) is 32.1 Å². The molecule has 9 N–H and O–H groups in total. The molecule has 4 aromatic rings. The highest BCUT2D eigenvalue weighted by atomic mass is 31.2. The first-order valence-corrected chi connectivity index (χ1v) is 42.6. The molecule has 0 amide bonds. The van der Waals surface area contributed by atoms with Crippen molar-refractivity contribution in [2.24, 2.45) is 0 Å². The number of hydrogen-bond donors (Lipinski definition) is 9. The molecule has 0 spiro atoms. The molecule has 40 heteroatoms. The highest BCUT2D eigenvalue weighted by Crippen LogP contribution is 2.51. The number of ether oxygens (including phenoxy) is 5. The van der Waals surface area contributed by atoms with Crippen LogP contribution >= 0.6 is 25.4 Å². The molecular weight excluding hydrogens is 1640 g/mol. The third kappa shape index (κ3) is 35.7. The van der Waals surface area contributed by atoms with Crippen LogP contribution in [-0.4, -0.2) is 211 Å². The first kappa shape index (κ1) is 98.4. The molecule has 0 aliphatic carbocycles. The molecule has 0 bridgehead atoms. The molecule has 8 heterocycles. The van der Waals surface area contributed by atoms with Gasteiger partial charge in [-0.1, -0.05) is 35.5 Å². The molecule has 670 valence electrons. The standard InChI is InChI=1S/C21H31N4O6P.C21H26N3O5P.C20H29N4O5P.C17H20N2O5.3CH4O/c1-7-10-28-18-13-24(21(27)23-20(18)26)19-12-17(16(6)30-19)31-32(29-11-8-9-22)25(14(2)3)15(4)5;1-4-5-6-7-8-9-11-17-15-24(21(26)23-20(17)25)19-14-18(16(2)28-19)29-30(3)27-13-10-12-22;1-7-16-12-23(20(26)22-19(16)25)18-11-17(15(6)28-18)29-30(27-10-8-9-21)24(13(2)3)14(4)5;1-2-3-4-5-6-7-8-12-10-19(17(23)18-16(12)22)15-9-13(21)14(11-20)24-15;3*1-2/h1,13-17,19H,8,10-12H2,2-6H3,(H,23,26,27);1,15-16,18-19H,5-8,10,13-14H2,2-3H3,(H,23,25,26);1,12-15,17-18H,8,10-11H2,2-6H3,(H,22,25,26);1,10,13-15,20-21H,3-6,9,11H2,(H,18,22,23);3*2H,1H3/t16-,17-,19-,32?;16-,18-,19-,30?;15-,17-,18-,30?;13-,14-,15-;;;/m1111.../s1/i6D;2D;6D;;3*2T. The summed E-state index contributed by atoms with van der Waals surface area (Å²) in [7, 11) is -0.449. The van der Waals surface area contributed by atoms with E-state index < -0.39 is 144 Å². The topological polar surface area (TPSA) is 500 Å². The zero-order chi connectivity index (χ0) is 96.0. The fourth-order valence-electron chi connectivity index (χ4n) is 11.7. The van der Waals surface area contributed by atoms with E-state index in [1.807, 2.05) is 61.5 Å². The number of aromatic nitrogens is 8. The average molecular weight is 1770 g/mol. The second kappa shape index (κ2) is 59.7. The molecule has 15 atom stereocenters. The summed E-state index contributed by atoms with van der Waals surface area (Å²) >= 11 is 0. The Balaban J connectivity index is 0.000000562. The molecule has 0 saturated carbocycles. The van der Waals surface area contributed by atoms with Crippen LogP contribution in [0.25, 0.3) is 0 Å². The van der Waals surface area contributed by atoms with Crippen molar-refractivity contribution in [2.45, 2.75) is 270 Å². The quantitative estimate of drug-likeness (QED) is 0.0143. The Morgan fingerprint density at radius 2 is 0.861 bits per heavy atom. The van der Waals surface area contributed by atoms with Gasteiger partial charge in [0.1, 0.15) is 54.3 Å². The van der Waals surface area contributed by atoms with Crippen molar-refractivity contribution in [3.8, 4) is 97.0 Å². The number of nitriles is 3. The molecular formula is C82H118N13O24P3. The number of nitrogens with zero attached hydrogens (tertiary/aromatic N) is 9. The Bertz CT molecular complexity index is 4930. The van der Waals surface area contributed by atoms with Gasteiger partial charge in [-0.05, 0) is 102 Å². The predicted molar refractivity (Wildman–Crippen MR) is 459 cm³/mol. The van der Waals surface area contributed by atoms with E-state index in [1.165, 1.54) is 64.4 Å². The van der Waals surface area contributed by atoms with Crippen molar-refractivity contribution in [3.63, 3.8) is 0 Å². The number of terminal acetylenes is 4. The summed E-state index contributed by atoms with van der Waals surface area (Å²) < 4.78 is 114. The minimum Gasteiger partial charge on any atom is -0.474 e. The van der Waals surface area contributed by atoms with Crippen LogP contribution in [-0.2, 0) is 46.1 Å². The van der Waals surface area contributed by atoms with Gasteiger partial charge in [-0.2, -0.15) is 15.8 Å². The van der Waals surface area contributed by atoms with E-state index in [-0.39, 0.29) is 139 Å². The molecule has 4 aromatic heterocycles. The molecule has 4 fully saturated rings. The van der Waals surface area contributed by atoms with Crippen molar-refractivity contribution in [1.82, 2.24) is 47.5 Å². The van der Waals surface area contributed by atoms with Gasteiger partial charge in [0, 0.05) is 126 Å². The van der Waals surface area contributed by atoms with Crippen LogP contribution < -0.4 is 49.7 Å². The third-order valence-corrected chi connectivity index (χ3v) is 22.6. The van der Waals surface area contributed by atoms with E-state index in [4.69, 9.17) is 106 Å². The van der Waals surface area contributed by atoms with Gasteiger partial charge < -0.3 is 76.4 Å². The summed E-state index contributed by atoms with van der Waals surface area (Å²) in [5, 5.41) is 55.7. The zero-order valence-electron chi connectivity index (χ0n) is 76.9. The van der Waals surface area contributed by atoms with E-state index in [1.54, 1.807) is 6.66 Å². The third-order valence-electron chi connectivity index (χ3n) is 17.2. The lowest BCUT2D eigenvalue weighted by Crippen LogP contribution is -2.35. The number of H-pyrrole nitrogens is 4. The zero-order valence-corrected chi connectivity index (χ0v) is 73.5. The summed E-state index contributed by atoms with van der Waals surface area (Å²) in [6.45, 7) is 18.0. The molecule has 0 radical (unpaired) electrons. The number of nitrogens with one attached hydrogen (secondary N) is 4. The smallest absolute Gasteiger partial charge is 0.330 e. The average Bonchev–Trinajstić information content (AvgIpc) is 1.61. The highest BCUT2D eigenvalue weighted by molar-refractivity contribution is 7.46. The minimum atomic E-state index is -1.55. The Labute approximate surface area is 723 Å². The number of rotatable bonds is 34. The normalized spacial score (nSPS) is 21.6. The van der Waals surface area contributed by atoms with E-state index in [0.717, 1.165) is 25.7 Å². The summed E-state index contributed by atoms with van der Waals surface area (Å²) in [6.07, 6.45) is 26.1. The van der Waals surface area contributed by atoms with Gasteiger partial charge in [-0.15, -0.1) is 37.5 Å². The second-order valence-corrected chi connectivity index (χ2v) is 31.4. The Morgan fingerprint density at radius 3 is 1.20 bits per heavy atom. The van der Waals surface area contributed by atoms with Crippen LogP contribution in [0.5, 0.6) is 5.75 Å². The first-order valence-electron chi connectivity index (χ1n) is 42.1. The van der Waals surface area contributed by atoms with Crippen LogP contribution in [0.15, 0.2) is 63.1 Å². The fourth-order valence-corrected chi connectivity index (χ4v) is 16.3. The maximum absolute atomic E-state index is 12.4. The van der Waals surface area contributed by atoms with E-state index in [2.05, 4.69) is 104 Å². The molecule has 8 rings (SSSR count). The minimum absolute atomic E-state index is 0.0165. The van der Waals surface area contributed by atoms with Crippen molar-refractivity contribution in [2.75, 3.05) is 61.0 Å². The van der Waals surface area contributed by atoms with Crippen molar-refractivity contribution < 1.29 is 80.5 Å². The predicted octanol–water partition coefficient (Wildman–Crippen LogP) is 6.20. The Morgan fingerprint density at radius 1 is 0.516 bits per heavy atom. The Hall–Kier alpha value is -9.04. The lowest BCUT2D eigenvalue weighted by molar-refractivity contribution is -0.0459. The summed E-state index contributed by atoms with van der Waals surface area (Å²) in [5.41, 5.74) is -4.66. The lowest BCUT2D eigenvalue weighted by atomic mass is 10.2. The van der Waals surface area contributed by atoms with Gasteiger partial charge in [0.15, 0.2) is 8.38 Å². The molecule has 3 unspecified atom stereocenters. The monoisotopic (exact) mass is 1770 g/mol. The van der Waals surface area contributed by atoms with Crippen LogP contribution in [0.1, 0.15) is 218 Å². The molecule has 0 aromatic carbocycles. The number of unbranched alkanes of at least 4 members (excludes halogenated alkanes) is 6. The number of aliphatic hydroxyl groups excluding tert-OH is 5. The van der Waals surface area contributed by atoms with Gasteiger partial charge in [-0.25, -0.2) is 28.5 Å². The molecule has 4 aliphatic heterocycles. The molecule has 122 heavy (non-hydrogen) atoms.